The number of nitrogens with zero attached hydrogens (tertiary/aromatic N) is 4. The van der Waals surface area contributed by atoms with E-state index in [2.05, 4.69) is 15.0 Å². The van der Waals surface area contributed by atoms with E-state index in [1.54, 1.807) is 18.2 Å². The van der Waals surface area contributed by atoms with Gasteiger partial charge in [0.25, 0.3) is 10.0 Å². The first-order chi connectivity index (χ1) is 11.0. The highest BCUT2D eigenvalue weighted by Crippen LogP contribution is 2.23. The number of hydrogen-bond acceptors (Lipinski definition) is 5. The molecule has 0 spiro atoms. The summed E-state index contributed by atoms with van der Waals surface area (Å²) in [5.41, 5.74) is 0.499. The molecule has 2 heterocycles. The molecule has 0 aliphatic carbocycles. The van der Waals surface area contributed by atoms with Crippen molar-refractivity contribution in [3.63, 3.8) is 0 Å². The lowest BCUT2D eigenvalue weighted by atomic mass is 10.1. The number of piperidine rings is 1. The van der Waals surface area contributed by atoms with Crippen LogP contribution >= 0.6 is 0 Å². The van der Waals surface area contributed by atoms with Gasteiger partial charge >= 0.3 is 0 Å². The molecule has 1 aromatic carbocycles. The van der Waals surface area contributed by atoms with Gasteiger partial charge in [-0.1, -0.05) is 17.3 Å². The zero-order valence-corrected chi connectivity index (χ0v) is 13.5. The Bertz CT molecular complexity index is 792. The fourth-order valence-electron chi connectivity index (χ4n) is 2.80. The van der Waals surface area contributed by atoms with E-state index >= 15 is 0 Å². The molecule has 0 bridgehead atoms. The molecule has 1 fully saturated rings. The van der Waals surface area contributed by atoms with Crippen molar-refractivity contribution < 1.29 is 12.8 Å². The maximum Gasteiger partial charge on any atom is 0.259 e. The van der Waals surface area contributed by atoms with Gasteiger partial charge in [-0.3, -0.25) is 0 Å². The topological polar surface area (TPSA) is 80.1 Å². The Morgan fingerprint density at radius 2 is 2.13 bits per heavy atom. The highest BCUT2D eigenvalue weighted by Gasteiger charge is 2.28. The van der Waals surface area contributed by atoms with Gasteiger partial charge in [-0.05, 0) is 25.0 Å². The van der Waals surface area contributed by atoms with Crippen molar-refractivity contribution in [2.75, 3.05) is 18.0 Å². The molecule has 1 unspecified atom stereocenters. The van der Waals surface area contributed by atoms with Crippen LogP contribution in [-0.2, 0) is 17.1 Å². The summed E-state index contributed by atoms with van der Waals surface area (Å²) in [6, 6.07) is 6.23. The number of hydrogen-bond donors (Lipinski definition) is 1. The molecular weight excluding hydrogens is 321 g/mol. The van der Waals surface area contributed by atoms with Crippen LogP contribution in [0.25, 0.3) is 0 Å². The summed E-state index contributed by atoms with van der Waals surface area (Å²) in [6.45, 7) is 1.12. The van der Waals surface area contributed by atoms with Gasteiger partial charge in [0.1, 0.15) is 5.82 Å². The second-order valence-corrected chi connectivity index (χ2v) is 7.21. The number of halogens is 1. The molecule has 0 saturated carbocycles. The van der Waals surface area contributed by atoms with E-state index in [1.165, 1.54) is 24.0 Å². The van der Waals surface area contributed by atoms with Gasteiger partial charge in [0.05, 0.1) is 11.9 Å². The van der Waals surface area contributed by atoms with Crippen LogP contribution in [-0.4, -0.2) is 42.5 Å². The predicted molar refractivity (Wildman–Crippen MR) is 83.0 cm³/mol. The molecule has 1 aliphatic heterocycles. The molecule has 1 N–H and O–H groups in total. The van der Waals surface area contributed by atoms with Crippen LogP contribution in [0.5, 0.6) is 0 Å². The largest absolute Gasteiger partial charge is 0.368 e. The molecule has 1 aliphatic rings. The van der Waals surface area contributed by atoms with Gasteiger partial charge in [-0.2, -0.15) is 0 Å². The lowest BCUT2D eigenvalue weighted by Gasteiger charge is -2.34. The van der Waals surface area contributed by atoms with Crippen molar-refractivity contribution in [2.24, 2.45) is 7.05 Å². The quantitative estimate of drug-likeness (QED) is 0.895. The lowest BCUT2D eigenvalue weighted by Crippen LogP contribution is -2.48. The Balaban J connectivity index is 1.75. The monoisotopic (exact) mass is 339 g/mol. The lowest BCUT2D eigenvalue weighted by molar-refractivity contribution is 0.458. The summed E-state index contributed by atoms with van der Waals surface area (Å²) in [7, 11) is -2.17. The van der Waals surface area contributed by atoms with E-state index in [-0.39, 0.29) is 16.9 Å². The third-order valence-electron chi connectivity index (χ3n) is 3.88. The van der Waals surface area contributed by atoms with E-state index in [0.29, 0.717) is 25.2 Å². The first-order valence-corrected chi connectivity index (χ1v) is 8.82. The summed E-state index contributed by atoms with van der Waals surface area (Å²) >= 11 is 0. The summed E-state index contributed by atoms with van der Waals surface area (Å²) in [4.78, 5) is 1.87. The molecule has 1 saturated heterocycles. The fourth-order valence-corrected chi connectivity index (χ4v) is 4.13. The molecule has 0 amide bonds. The summed E-state index contributed by atoms with van der Waals surface area (Å²) in [6.07, 6.45) is 2.69. The number of nitrogens with one attached hydrogen (secondary N) is 1. The molecule has 124 valence electrons. The van der Waals surface area contributed by atoms with E-state index in [9.17, 15) is 12.8 Å². The first kappa shape index (κ1) is 15.9. The van der Waals surface area contributed by atoms with E-state index in [0.717, 1.165) is 6.42 Å². The zero-order chi connectivity index (χ0) is 16.4. The molecule has 9 heteroatoms. The molecule has 1 atom stereocenters. The summed E-state index contributed by atoms with van der Waals surface area (Å²) in [5, 5.41) is 7.24. The van der Waals surface area contributed by atoms with Crippen LogP contribution in [0.3, 0.4) is 0 Å². The number of para-hydroxylation sites is 1. The average Bonchev–Trinajstić information content (AvgIpc) is 2.95. The molecule has 7 nitrogen and oxygen atoms in total. The average molecular weight is 339 g/mol. The SMILES string of the molecule is Cn1nncc1S(=O)(=O)NC1CCCN(c2ccccc2F)C1. The Labute approximate surface area is 134 Å². The second kappa shape index (κ2) is 6.25. The Morgan fingerprint density at radius 3 is 2.83 bits per heavy atom. The van der Waals surface area contributed by atoms with Crippen molar-refractivity contribution in [3.8, 4) is 0 Å². The minimum Gasteiger partial charge on any atom is -0.368 e. The number of rotatable bonds is 4. The third-order valence-corrected chi connectivity index (χ3v) is 5.45. The normalized spacial score (nSPS) is 19.0. The molecule has 0 radical (unpaired) electrons. The molecule has 2 aromatic rings. The smallest absolute Gasteiger partial charge is 0.259 e. The highest BCUT2D eigenvalue weighted by molar-refractivity contribution is 7.89. The first-order valence-electron chi connectivity index (χ1n) is 7.34. The van der Waals surface area contributed by atoms with Crippen molar-refractivity contribution in [1.82, 2.24) is 19.7 Å². The number of benzene rings is 1. The summed E-state index contributed by atoms with van der Waals surface area (Å²) in [5.74, 6) is -0.299. The predicted octanol–water partition coefficient (Wildman–Crippen LogP) is 0.902. The van der Waals surface area contributed by atoms with E-state index in [1.807, 2.05) is 4.90 Å². The summed E-state index contributed by atoms with van der Waals surface area (Å²) < 4.78 is 42.6. The second-order valence-electron chi connectivity index (χ2n) is 5.55. The van der Waals surface area contributed by atoms with E-state index in [4.69, 9.17) is 0 Å². The standard InChI is InChI=1S/C14H18FN5O2S/c1-19-14(9-16-18-19)23(21,22)17-11-5-4-8-20(10-11)13-7-3-2-6-12(13)15/h2-3,6-7,9,11,17H,4-5,8,10H2,1H3. The minimum absolute atomic E-state index is 0.0144. The van der Waals surface area contributed by atoms with Gasteiger partial charge in [0, 0.05) is 26.2 Å². The van der Waals surface area contributed by atoms with Crippen molar-refractivity contribution in [3.05, 3.63) is 36.3 Å². The fraction of sp³-hybridized carbons (Fsp3) is 0.429. The molecular formula is C14H18FN5O2S. The van der Waals surface area contributed by atoms with E-state index < -0.39 is 10.0 Å². The Morgan fingerprint density at radius 1 is 1.35 bits per heavy atom. The van der Waals surface area contributed by atoms with Gasteiger partial charge in [0.2, 0.25) is 0 Å². The van der Waals surface area contributed by atoms with Crippen LogP contribution in [0.2, 0.25) is 0 Å². The Hall–Kier alpha value is -2.00. The van der Waals surface area contributed by atoms with Crippen LogP contribution in [0.15, 0.2) is 35.5 Å². The van der Waals surface area contributed by atoms with Gasteiger partial charge in [0.15, 0.2) is 5.03 Å². The number of anilines is 1. The minimum atomic E-state index is -3.70. The van der Waals surface area contributed by atoms with Crippen molar-refractivity contribution >= 4 is 15.7 Å². The van der Waals surface area contributed by atoms with Crippen LogP contribution < -0.4 is 9.62 Å². The van der Waals surface area contributed by atoms with Crippen LogP contribution in [0, 0.1) is 5.82 Å². The Kier molecular flexibility index (Phi) is 4.31. The third kappa shape index (κ3) is 3.35. The van der Waals surface area contributed by atoms with Gasteiger partial charge < -0.3 is 4.90 Å². The van der Waals surface area contributed by atoms with Crippen LogP contribution in [0.4, 0.5) is 10.1 Å². The molecule has 23 heavy (non-hydrogen) atoms. The number of aryl methyl sites for hydroxylation is 1. The van der Waals surface area contributed by atoms with Crippen LogP contribution in [0.1, 0.15) is 12.8 Å². The maximum absolute atomic E-state index is 13.9. The number of aromatic nitrogens is 3. The van der Waals surface area contributed by atoms with Crippen molar-refractivity contribution in [2.45, 2.75) is 23.9 Å². The van der Waals surface area contributed by atoms with Crippen molar-refractivity contribution in [1.29, 1.82) is 0 Å². The molecule has 3 rings (SSSR count). The highest BCUT2D eigenvalue weighted by atomic mass is 32.2. The zero-order valence-electron chi connectivity index (χ0n) is 12.7. The molecule has 1 aromatic heterocycles. The maximum atomic E-state index is 13.9. The number of sulfonamides is 1. The van der Waals surface area contributed by atoms with Gasteiger partial charge in [-0.15, -0.1) is 5.10 Å². The van der Waals surface area contributed by atoms with Gasteiger partial charge in [-0.25, -0.2) is 22.2 Å².